The van der Waals surface area contributed by atoms with Crippen LogP contribution in [0.15, 0.2) is 42.5 Å². The summed E-state index contributed by atoms with van der Waals surface area (Å²) >= 11 is 0. The molecule has 0 N–H and O–H groups in total. The molecule has 2 aromatic rings. The van der Waals surface area contributed by atoms with Crippen LogP contribution in [0.5, 0.6) is 17.2 Å². The second-order valence-corrected chi connectivity index (χ2v) is 5.61. The minimum absolute atomic E-state index is 0.326. The van der Waals surface area contributed by atoms with Crippen molar-refractivity contribution in [2.75, 3.05) is 14.2 Å². The standard InChI is InChI=1S/C19H20O5/c1-12(20)23-18-10-13-6-4-5-7-15(13)24-19(18)14-8-9-16(21-2)17(11-14)22-3/h4-9,11,18-19H,10H2,1-3H3/t18-,19+/m1/s1. The molecule has 0 amide bonds. The third kappa shape index (κ3) is 3.15. The van der Waals surface area contributed by atoms with E-state index in [0.29, 0.717) is 17.9 Å². The van der Waals surface area contributed by atoms with Crippen molar-refractivity contribution in [3.8, 4) is 17.2 Å². The van der Waals surface area contributed by atoms with Gasteiger partial charge in [0.2, 0.25) is 0 Å². The molecule has 0 unspecified atom stereocenters. The van der Waals surface area contributed by atoms with E-state index in [-0.39, 0.29) is 5.97 Å². The zero-order valence-corrected chi connectivity index (χ0v) is 13.9. The van der Waals surface area contributed by atoms with Gasteiger partial charge in [-0.25, -0.2) is 0 Å². The van der Waals surface area contributed by atoms with Crippen molar-refractivity contribution in [1.82, 2.24) is 0 Å². The maximum Gasteiger partial charge on any atom is 0.303 e. The molecule has 0 aliphatic carbocycles. The van der Waals surface area contributed by atoms with Gasteiger partial charge in [0.25, 0.3) is 0 Å². The fourth-order valence-corrected chi connectivity index (χ4v) is 2.95. The average Bonchev–Trinajstić information content (AvgIpc) is 2.60. The van der Waals surface area contributed by atoms with Gasteiger partial charge in [-0.2, -0.15) is 0 Å². The van der Waals surface area contributed by atoms with Gasteiger partial charge in [0.15, 0.2) is 17.6 Å². The molecular weight excluding hydrogens is 308 g/mol. The van der Waals surface area contributed by atoms with Gasteiger partial charge in [0.05, 0.1) is 14.2 Å². The molecular formula is C19H20O5. The lowest BCUT2D eigenvalue weighted by molar-refractivity contribution is -0.152. The molecule has 0 saturated carbocycles. The zero-order chi connectivity index (χ0) is 17.1. The van der Waals surface area contributed by atoms with Crippen LogP contribution in [0.25, 0.3) is 0 Å². The summed E-state index contributed by atoms with van der Waals surface area (Å²) in [7, 11) is 3.18. The van der Waals surface area contributed by atoms with Crippen molar-refractivity contribution in [3.63, 3.8) is 0 Å². The van der Waals surface area contributed by atoms with Gasteiger partial charge in [-0.05, 0) is 23.8 Å². The third-order valence-electron chi connectivity index (χ3n) is 4.04. The van der Waals surface area contributed by atoms with Crippen molar-refractivity contribution in [1.29, 1.82) is 0 Å². The first kappa shape index (κ1) is 16.2. The summed E-state index contributed by atoms with van der Waals surface area (Å²) in [6, 6.07) is 13.4. The number of benzene rings is 2. The number of carbonyl (C=O) groups is 1. The molecule has 5 nitrogen and oxygen atoms in total. The number of fused-ring (bicyclic) bond motifs is 1. The number of methoxy groups -OCH3 is 2. The molecule has 126 valence electrons. The van der Waals surface area contributed by atoms with E-state index < -0.39 is 12.2 Å². The second kappa shape index (κ2) is 6.83. The fourth-order valence-electron chi connectivity index (χ4n) is 2.95. The maximum atomic E-state index is 11.5. The van der Waals surface area contributed by atoms with Crippen LogP contribution in [0.4, 0.5) is 0 Å². The van der Waals surface area contributed by atoms with Gasteiger partial charge in [-0.3, -0.25) is 4.79 Å². The van der Waals surface area contributed by atoms with Gasteiger partial charge in [0, 0.05) is 18.9 Å². The van der Waals surface area contributed by atoms with E-state index in [1.165, 1.54) is 6.92 Å². The molecule has 1 aliphatic heterocycles. The quantitative estimate of drug-likeness (QED) is 0.806. The van der Waals surface area contributed by atoms with Crippen LogP contribution in [0.1, 0.15) is 24.2 Å². The van der Waals surface area contributed by atoms with E-state index in [1.807, 2.05) is 42.5 Å². The molecule has 5 heteroatoms. The summed E-state index contributed by atoms with van der Waals surface area (Å²) in [5.41, 5.74) is 1.90. The van der Waals surface area contributed by atoms with E-state index in [1.54, 1.807) is 14.2 Å². The summed E-state index contributed by atoms with van der Waals surface area (Å²) in [5.74, 6) is 1.73. The van der Waals surface area contributed by atoms with Crippen LogP contribution in [-0.2, 0) is 16.0 Å². The van der Waals surface area contributed by atoms with Crippen molar-refractivity contribution in [2.24, 2.45) is 0 Å². The molecule has 2 atom stereocenters. The van der Waals surface area contributed by atoms with Crippen molar-refractivity contribution in [3.05, 3.63) is 53.6 Å². The normalized spacial score (nSPS) is 19.0. The SMILES string of the molecule is COc1ccc([C@@H]2Oc3ccccc3C[C@H]2OC(C)=O)cc1OC. The topological polar surface area (TPSA) is 54.0 Å². The smallest absolute Gasteiger partial charge is 0.303 e. The molecule has 1 aliphatic rings. The second-order valence-electron chi connectivity index (χ2n) is 5.61. The molecule has 0 aromatic heterocycles. The monoisotopic (exact) mass is 328 g/mol. The first-order chi connectivity index (χ1) is 11.6. The van der Waals surface area contributed by atoms with Gasteiger partial charge in [-0.1, -0.05) is 24.3 Å². The van der Waals surface area contributed by atoms with E-state index in [0.717, 1.165) is 16.9 Å². The molecule has 0 bridgehead atoms. The summed E-state index contributed by atoms with van der Waals surface area (Å²) < 4.78 is 22.3. The lowest BCUT2D eigenvalue weighted by Gasteiger charge is -2.33. The van der Waals surface area contributed by atoms with Gasteiger partial charge >= 0.3 is 5.97 Å². The van der Waals surface area contributed by atoms with Crippen molar-refractivity contribution >= 4 is 5.97 Å². The van der Waals surface area contributed by atoms with E-state index in [9.17, 15) is 4.79 Å². The Morgan fingerprint density at radius 2 is 1.83 bits per heavy atom. The van der Waals surface area contributed by atoms with Gasteiger partial charge < -0.3 is 18.9 Å². The Kier molecular flexibility index (Phi) is 4.60. The minimum Gasteiger partial charge on any atom is -0.493 e. The molecule has 3 rings (SSSR count). The lowest BCUT2D eigenvalue weighted by atomic mass is 9.94. The lowest BCUT2D eigenvalue weighted by Crippen LogP contribution is -2.34. The molecule has 0 saturated heterocycles. The van der Waals surface area contributed by atoms with Crippen molar-refractivity contribution in [2.45, 2.75) is 25.6 Å². The number of carbonyl (C=O) groups excluding carboxylic acids is 1. The molecule has 1 heterocycles. The van der Waals surface area contributed by atoms with Crippen LogP contribution in [0.3, 0.4) is 0 Å². The van der Waals surface area contributed by atoms with Gasteiger partial charge in [-0.15, -0.1) is 0 Å². The Labute approximate surface area is 141 Å². The third-order valence-corrected chi connectivity index (χ3v) is 4.04. The van der Waals surface area contributed by atoms with Gasteiger partial charge in [0.1, 0.15) is 11.9 Å². The minimum atomic E-state index is -0.399. The average molecular weight is 328 g/mol. The molecule has 0 spiro atoms. The summed E-state index contributed by atoms with van der Waals surface area (Å²) in [6.45, 7) is 1.41. The Morgan fingerprint density at radius 3 is 2.54 bits per heavy atom. The highest BCUT2D eigenvalue weighted by Crippen LogP contribution is 2.39. The Bertz CT molecular complexity index is 740. The number of para-hydroxylation sites is 1. The fraction of sp³-hybridized carbons (Fsp3) is 0.316. The summed E-state index contributed by atoms with van der Waals surface area (Å²) in [5, 5.41) is 0. The highest BCUT2D eigenvalue weighted by Gasteiger charge is 2.34. The number of esters is 1. The first-order valence-electron chi connectivity index (χ1n) is 7.76. The highest BCUT2D eigenvalue weighted by molar-refractivity contribution is 5.66. The number of rotatable bonds is 4. The largest absolute Gasteiger partial charge is 0.493 e. The molecule has 0 radical (unpaired) electrons. The van der Waals surface area contributed by atoms with Crippen LogP contribution in [-0.4, -0.2) is 26.3 Å². The van der Waals surface area contributed by atoms with E-state index >= 15 is 0 Å². The predicted molar refractivity (Wildman–Crippen MR) is 88.6 cm³/mol. The first-order valence-corrected chi connectivity index (χ1v) is 7.76. The van der Waals surface area contributed by atoms with Crippen LogP contribution >= 0.6 is 0 Å². The van der Waals surface area contributed by atoms with Crippen LogP contribution < -0.4 is 14.2 Å². The Morgan fingerprint density at radius 1 is 1.08 bits per heavy atom. The number of hydrogen-bond donors (Lipinski definition) is 0. The Hall–Kier alpha value is -2.69. The number of hydrogen-bond acceptors (Lipinski definition) is 5. The van der Waals surface area contributed by atoms with Crippen molar-refractivity contribution < 1.29 is 23.7 Å². The maximum absolute atomic E-state index is 11.5. The Balaban J connectivity index is 1.98. The zero-order valence-electron chi connectivity index (χ0n) is 13.9. The molecule has 24 heavy (non-hydrogen) atoms. The van der Waals surface area contributed by atoms with E-state index in [2.05, 4.69) is 0 Å². The molecule has 0 fully saturated rings. The number of ether oxygens (including phenoxy) is 4. The van der Waals surface area contributed by atoms with Crippen LogP contribution in [0, 0.1) is 0 Å². The molecule has 2 aromatic carbocycles. The van der Waals surface area contributed by atoms with E-state index in [4.69, 9.17) is 18.9 Å². The summed E-state index contributed by atoms with van der Waals surface area (Å²) in [4.78, 5) is 11.5. The van der Waals surface area contributed by atoms with Crippen LogP contribution in [0.2, 0.25) is 0 Å². The summed E-state index contributed by atoms with van der Waals surface area (Å²) in [6.07, 6.45) is -0.187. The predicted octanol–water partition coefficient (Wildman–Crippen LogP) is 3.31. The highest BCUT2D eigenvalue weighted by atomic mass is 16.6.